The van der Waals surface area contributed by atoms with Crippen LogP contribution in [0.25, 0.3) is 0 Å². The monoisotopic (exact) mass is 623 g/mol. The molecule has 258 valence electrons. The second-order valence-corrected chi connectivity index (χ2v) is 13.7. The number of rotatable bonds is 34. The Hall–Kier alpha value is -1.14. The molecule has 2 saturated heterocycles. The van der Waals surface area contributed by atoms with Crippen LogP contribution in [-0.2, 0) is 28.5 Å². The second-order valence-electron chi connectivity index (χ2n) is 13.7. The standard InChI is InChI=1S/C38H70O6/c1-2-3-4-5-6-7-8-9-10-11-12-13-14-15-16-17-18-19-20-21-22-23-24-25-26-27-28-29-36(37(39)43-32-34-30-41-34)38(40)44-33-35-31-42-35/h34-36H,2-33H2,1H3. The molecule has 2 rings (SSSR count). The highest BCUT2D eigenvalue weighted by Gasteiger charge is 2.33. The minimum Gasteiger partial charge on any atom is -0.462 e. The Labute approximate surface area is 271 Å². The fourth-order valence-corrected chi connectivity index (χ4v) is 6.05. The van der Waals surface area contributed by atoms with Crippen molar-refractivity contribution in [2.75, 3.05) is 26.4 Å². The molecule has 0 bridgehead atoms. The molecule has 0 aromatic heterocycles. The van der Waals surface area contributed by atoms with Crippen LogP contribution in [0.2, 0.25) is 0 Å². The highest BCUT2D eigenvalue weighted by molar-refractivity contribution is 5.94. The summed E-state index contributed by atoms with van der Waals surface area (Å²) in [6.45, 7) is 4.01. The van der Waals surface area contributed by atoms with Gasteiger partial charge < -0.3 is 18.9 Å². The summed E-state index contributed by atoms with van der Waals surface area (Å²) in [7, 11) is 0. The van der Waals surface area contributed by atoms with Crippen molar-refractivity contribution in [3.8, 4) is 0 Å². The highest BCUT2D eigenvalue weighted by atomic mass is 16.6. The fourth-order valence-electron chi connectivity index (χ4n) is 6.05. The van der Waals surface area contributed by atoms with Crippen LogP contribution < -0.4 is 0 Å². The van der Waals surface area contributed by atoms with Gasteiger partial charge in [0, 0.05) is 0 Å². The van der Waals surface area contributed by atoms with Gasteiger partial charge in [-0.05, 0) is 6.42 Å². The topological polar surface area (TPSA) is 77.7 Å². The van der Waals surface area contributed by atoms with Crippen molar-refractivity contribution in [2.45, 2.75) is 199 Å². The summed E-state index contributed by atoms with van der Waals surface area (Å²) in [5, 5.41) is 0. The largest absolute Gasteiger partial charge is 0.462 e. The lowest BCUT2D eigenvalue weighted by Gasteiger charge is -2.14. The molecule has 0 saturated carbocycles. The summed E-state index contributed by atoms with van der Waals surface area (Å²) >= 11 is 0. The zero-order chi connectivity index (χ0) is 31.3. The lowest BCUT2D eigenvalue weighted by molar-refractivity contribution is -0.163. The third-order valence-electron chi connectivity index (χ3n) is 9.29. The maximum absolute atomic E-state index is 12.4. The van der Waals surface area contributed by atoms with Crippen molar-refractivity contribution in [1.82, 2.24) is 0 Å². The molecule has 6 nitrogen and oxygen atoms in total. The minimum absolute atomic E-state index is 0.000791. The molecule has 6 heteroatoms. The van der Waals surface area contributed by atoms with Gasteiger partial charge in [-0.3, -0.25) is 9.59 Å². The first-order valence-electron chi connectivity index (χ1n) is 19.3. The summed E-state index contributed by atoms with van der Waals surface area (Å²) in [5.74, 6) is -1.78. The Morgan fingerprint density at radius 2 is 0.727 bits per heavy atom. The first kappa shape index (κ1) is 39.0. The van der Waals surface area contributed by atoms with E-state index in [1.165, 1.54) is 154 Å². The van der Waals surface area contributed by atoms with Gasteiger partial charge in [0.2, 0.25) is 0 Å². The van der Waals surface area contributed by atoms with E-state index in [2.05, 4.69) is 6.92 Å². The molecule has 2 aliphatic rings. The van der Waals surface area contributed by atoms with Gasteiger partial charge in [0.05, 0.1) is 13.2 Å². The Morgan fingerprint density at radius 3 is 0.977 bits per heavy atom. The third-order valence-corrected chi connectivity index (χ3v) is 9.29. The van der Waals surface area contributed by atoms with Crippen LogP contribution in [0.5, 0.6) is 0 Å². The van der Waals surface area contributed by atoms with E-state index < -0.39 is 17.9 Å². The van der Waals surface area contributed by atoms with Gasteiger partial charge in [-0.15, -0.1) is 0 Å². The average Bonchev–Trinajstić information content (AvgIpc) is 3.96. The van der Waals surface area contributed by atoms with Crippen LogP contribution >= 0.6 is 0 Å². The molecule has 44 heavy (non-hydrogen) atoms. The molecule has 2 heterocycles. The molecule has 0 spiro atoms. The van der Waals surface area contributed by atoms with Crippen LogP contribution in [-0.4, -0.2) is 50.6 Å². The van der Waals surface area contributed by atoms with Crippen LogP contribution in [0.15, 0.2) is 0 Å². The number of hydrogen-bond acceptors (Lipinski definition) is 6. The SMILES string of the molecule is CCCCCCCCCCCCCCCCCCCCCCCCCCCCCC(C(=O)OCC1CO1)C(=O)OCC1CO1. The lowest BCUT2D eigenvalue weighted by Crippen LogP contribution is -2.30. The van der Waals surface area contributed by atoms with E-state index in [4.69, 9.17) is 18.9 Å². The fraction of sp³-hybridized carbons (Fsp3) is 0.947. The molecule has 0 N–H and O–H groups in total. The first-order chi connectivity index (χ1) is 21.7. The van der Waals surface area contributed by atoms with E-state index in [0.29, 0.717) is 19.6 Å². The number of ether oxygens (including phenoxy) is 4. The van der Waals surface area contributed by atoms with Gasteiger partial charge in [0.15, 0.2) is 5.92 Å². The van der Waals surface area contributed by atoms with Gasteiger partial charge in [0.1, 0.15) is 25.4 Å². The van der Waals surface area contributed by atoms with Crippen LogP contribution in [0.4, 0.5) is 0 Å². The van der Waals surface area contributed by atoms with E-state index in [0.717, 1.165) is 19.3 Å². The van der Waals surface area contributed by atoms with E-state index in [1.54, 1.807) is 0 Å². The van der Waals surface area contributed by atoms with Crippen molar-refractivity contribution in [3.63, 3.8) is 0 Å². The van der Waals surface area contributed by atoms with Crippen LogP contribution in [0, 0.1) is 5.92 Å². The number of carbonyl (C=O) groups is 2. The predicted molar refractivity (Wildman–Crippen MR) is 180 cm³/mol. The number of carbonyl (C=O) groups excluding carboxylic acids is 2. The van der Waals surface area contributed by atoms with Gasteiger partial charge >= 0.3 is 11.9 Å². The molecule has 0 aromatic carbocycles. The molecule has 2 aliphatic heterocycles. The molecule has 0 aliphatic carbocycles. The number of esters is 2. The van der Waals surface area contributed by atoms with Crippen molar-refractivity contribution in [3.05, 3.63) is 0 Å². The van der Waals surface area contributed by atoms with Crippen LogP contribution in [0.1, 0.15) is 187 Å². The van der Waals surface area contributed by atoms with Crippen molar-refractivity contribution in [2.24, 2.45) is 5.92 Å². The van der Waals surface area contributed by atoms with E-state index in [1.807, 2.05) is 0 Å². The van der Waals surface area contributed by atoms with Gasteiger partial charge in [0.25, 0.3) is 0 Å². The summed E-state index contributed by atoms with van der Waals surface area (Å²) in [6.07, 6.45) is 37.4. The number of hydrogen-bond donors (Lipinski definition) is 0. The highest BCUT2D eigenvalue weighted by Crippen LogP contribution is 2.20. The average molecular weight is 623 g/mol. The molecular formula is C38H70O6. The Bertz CT molecular complexity index is 646. The minimum atomic E-state index is -0.827. The predicted octanol–water partition coefficient (Wildman–Crippen LogP) is 10.4. The molecular weight excluding hydrogens is 552 g/mol. The quantitative estimate of drug-likeness (QED) is 0.0307. The molecule has 0 aromatic rings. The summed E-state index contributed by atoms with van der Waals surface area (Å²) in [6, 6.07) is 0. The molecule has 2 unspecified atom stereocenters. The zero-order valence-electron chi connectivity index (χ0n) is 28.8. The second kappa shape index (κ2) is 28.1. The molecule has 0 amide bonds. The number of unbranched alkanes of at least 4 members (excludes halogenated alkanes) is 26. The first-order valence-corrected chi connectivity index (χ1v) is 19.3. The van der Waals surface area contributed by atoms with Gasteiger partial charge in [-0.25, -0.2) is 0 Å². The molecule has 2 fully saturated rings. The zero-order valence-corrected chi connectivity index (χ0v) is 28.8. The van der Waals surface area contributed by atoms with Crippen molar-refractivity contribution in [1.29, 1.82) is 0 Å². The van der Waals surface area contributed by atoms with Gasteiger partial charge in [-0.1, -0.05) is 180 Å². The summed E-state index contributed by atoms with van der Waals surface area (Å²) < 4.78 is 20.8. The molecule has 2 atom stereocenters. The smallest absolute Gasteiger partial charge is 0.320 e. The maximum Gasteiger partial charge on any atom is 0.320 e. The Morgan fingerprint density at radius 1 is 0.477 bits per heavy atom. The summed E-state index contributed by atoms with van der Waals surface area (Å²) in [4.78, 5) is 24.9. The third kappa shape index (κ3) is 24.1. The molecule has 0 radical (unpaired) electrons. The van der Waals surface area contributed by atoms with E-state index in [9.17, 15) is 9.59 Å². The van der Waals surface area contributed by atoms with Gasteiger partial charge in [-0.2, -0.15) is 0 Å². The number of epoxide rings is 2. The van der Waals surface area contributed by atoms with E-state index >= 15 is 0 Å². The van der Waals surface area contributed by atoms with Crippen molar-refractivity contribution >= 4 is 11.9 Å². The van der Waals surface area contributed by atoms with Crippen LogP contribution in [0.3, 0.4) is 0 Å². The van der Waals surface area contributed by atoms with Crippen molar-refractivity contribution < 1.29 is 28.5 Å². The summed E-state index contributed by atoms with van der Waals surface area (Å²) in [5.41, 5.74) is 0. The normalized spacial score (nSPS) is 17.8. The maximum atomic E-state index is 12.4. The Balaban J connectivity index is 1.27. The lowest BCUT2D eigenvalue weighted by atomic mass is 9.99. The Kier molecular flexibility index (Phi) is 24.9. The van der Waals surface area contributed by atoms with E-state index in [-0.39, 0.29) is 25.4 Å².